The molecule has 2 aromatic carbocycles. The van der Waals surface area contributed by atoms with Gasteiger partial charge in [-0.15, -0.1) is 0 Å². The minimum atomic E-state index is -5.17. The first-order chi connectivity index (χ1) is 18.3. The van der Waals surface area contributed by atoms with E-state index in [0.717, 1.165) is 43.6 Å². The van der Waals surface area contributed by atoms with Crippen LogP contribution in [-0.2, 0) is 37.7 Å². The molecule has 10 nitrogen and oxygen atoms in total. The van der Waals surface area contributed by atoms with Gasteiger partial charge in [0, 0.05) is 69.9 Å². The van der Waals surface area contributed by atoms with Crippen LogP contribution in [0.1, 0.15) is 6.42 Å². The van der Waals surface area contributed by atoms with Crippen molar-refractivity contribution in [3.8, 4) is 0 Å². The number of fused-ring (bicyclic) bond motifs is 6. The van der Waals surface area contributed by atoms with E-state index in [-0.39, 0.29) is 40.5 Å². The number of rotatable bonds is 2. The van der Waals surface area contributed by atoms with Gasteiger partial charge in [-0.3, -0.25) is 28.4 Å². The number of hydrogen-bond donors (Lipinski definition) is 2. The molecule has 0 spiro atoms. The first kappa shape index (κ1) is 32.0. The summed E-state index contributed by atoms with van der Waals surface area (Å²) in [6.45, 7) is 0.188. The number of hydrogen-bond acceptors (Lipinski definition) is 10. The average Bonchev–Trinajstić information content (AvgIpc) is 2.93. The maximum Gasteiger partial charge on any atom is 2.00 e. The Morgan fingerprint density at radius 2 is 0.769 bits per heavy atom. The molecule has 0 amide bonds. The fraction of sp³-hybridized carbons (Fsp3) is 0.111. The molecular weight excluding hydrogens is 621 g/mol. The number of nitrogens with zero attached hydrogens (tertiary/aromatic N) is 4. The van der Waals surface area contributed by atoms with Gasteiger partial charge in [-0.2, -0.15) is 0 Å². The molecule has 6 rings (SSSR count). The second kappa shape index (κ2) is 16.0. The first-order valence-corrected chi connectivity index (χ1v) is 12.7. The average molecular weight is 645 g/mol. The van der Waals surface area contributed by atoms with E-state index in [1.165, 1.54) is 0 Å². The predicted octanol–water partition coefficient (Wildman–Crippen LogP) is 3.59. The van der Waals surface area contributed by atoms with Gasteiger partial charge < -0.3 is 19.3 Å². The van der Waals surface area contributed by atoms with Crippen molar-refractivity contribution in [1.29, 1.82) is 0 Å². The molecule has 196 valence electrons. The predicted molar refractivity (Wildman–Crippen MR) is 143 cm³/mol. The van der Waals surface area contributed by atoms with Crippen LogP contribution in [0.4, 0.5) is 0 Å². The van der Waals surface area contributed by atoms with Crippen LogP contribution in [0.2, 0.25) is 0 Å². The maximum atomic E-state index is 8.52. The molecular formula is C27H24CdN4O6S. The summed E-state index contributed by atoms with van der Waals surface area (Å²) in [6, 6.07) is 24.3. The normalized spacial score (nSPS) is 10.4. The van der Waals surface area contributed by atoms with E-state index in [2.05, 4.69) is 68.5 Å². The van der Waals surface area contributed by atoms with Crippen molar-refractivity contribution in [3.63, 3.8) is 0 Å². The molecule has 39 heavy (non-hydrogen) atoms. The third-order valence-electron chi connectivity index (χ3n) is 5.01. The van der Waals surface area contributed by atoms with E-state index in [0.29, 0.717) is 6.42 Å². The van der Waals surface area contributed by atoms with E-state index in [1.54, 1.807) is 24.8 Å². The van der Waals surface area contributed by atoms with Gasteiger partial charge >= 0.3 is 27.3 Å². The Kier molecular flexibility index (Phi) is 13.2. The first-order valence-electron chi connectivity index (χ1n) is 11.4. The zero-order valence-corrected chi connectivity index (χ0v) is 25.6. The molecule has 0 saturated heterocycles. The van der Waals surface area contributed by atoms with Gasteiger partial charge in [0.05, 0.1) is 22.1 Å². The van der Waals surface area contributed by atoms with Gasteiger partial charge in [-0.25, -0.2) is 0 Å². The second-order valence-corrected chi connectivity index (χ2v) is 8.46. The third kappa shape index (κ3) is 10.1. The molecule has 0 aliphatic carbocycles. The van der Waals surface area contributed by atoms with Gasteiger partial charge in [0.25, 0.3) is 0 Å². The van der Waals surface area contributed by atoms with Crippen molar-refractivity contribution in [2.24, 2.45) is 0 Å². The van der Waals surface area contributed by atoms with E-state index in [4.69, 9.17) is 27.7 Å². The fourth-order valence-corrected chi connectivity index (χ4v) is 3.43. The molecule has 2 N–H and O–H groups in total. The Morgan fingerprint density at radius 1 is 0.538 bits per heavy atom. The van der Waals surface area contributed by atoms with Gasteiger partial charge in [-0.1, -0.05) is 48.5 Å². The molecule has 0 aliphatic rings. The van der Waals surface area contributed by atoms with Crippen LogP contribution >= 0.6 is 0 Å². The number of aliphatic hydroxyl groups excluding tert-OH is 2. The zero-order chi connectivity index (χ0) is 27.4. The van der Waals surface area contributed by atoms with Crippen LogP contribution in [0.3, 0.4) is 0 Å². The summed E-state index contributed by atoms with van der Waals surface area (Å²) in [4.78, 5) is 17.4. The number of benzene rings is 2. The summed E-state index contributed by atoms with van der Waals surface area (Å²) in [7, 11) is -5.17. The van der Waals surface area contributed by atoms with Crippen molar-refractivity contribution in [2.45, 2.75) is 6.42 Å². The van der Waals surface area contributed by atoms with Gasteiger partial charge in [-0.05, 0) is 30.7 Å². The van der Waals surface area contributed by atoms with Gasteiger partial charge in [0.15, 0.2) is 0 Å². The maximum absolute atomic E-state index is 8.52. The van der Waals surface area contributed by atoms with Crippen molar-refractivity contribution in [3.05, 3.63) is 97.6 Å². The second-order valence-electron chi connectivity index (χ2n) is 7.64. The quantitative estimate of drug-likeness (QED) is 0.123. The van der Waals surface area contributed by atoms with Crippen LogP contribution in [0.5, 0.6) is 0 Å². The standard InChI is InChI=1S/2C12H8N2.C3H8O2.Cd.H2O4S/c2*1-3-9-5-6-10-4-2-8-14-12(10)11(9)13-7-1;4-2-1-3-5;;1-5(2,3)4/h2*1-8H;4-5H,1-3H2;;(H2,1,2,3,4)/q;;;+2;/p-2. The zero-order valence-electron chi connectivity index (χ0n) is 20.8. The van der Waals surface area contributed by atoms with Crippen LogP contribution < -0.4 is 0 Å². The topological polar surface area (TPSA) is 172 Å². The monoisotopic (exact) mass is 646 g/mol. The summed E-state index contributed by atoms with van der Waals surface area (Å²) in [5.41, 5.74) is 3.91. The third-order valence-corrected chi connectivity index (χ3v) is 5.01. The van der Waals surface area contributed by atoms with E-state index < -0.39 is 10.4 Å². The fourth-order valence-electron chi connectivity index (χ4n) is 3.43. The summed E-state index contributed by atoms with van der Waals surface area (Å²) < 4.78 is 34.1. The Bertz CT molecular complexity index is 1510. The SMILES string of the molecule is O=S(=O)([O-])[O-].OCCCO.[Cd+2].c1cnc2c(c1)ccc1cccnc12.c1cnc2c(c1)ccc1cccnc12. The molecule has 4 heterocycles. The molecule has 0 saturated carbocycles. The van der Waals surface area contributed by atoms with Gasteiger partial charge in [0.1, 0.15) is 0 Å². The van der Waals surface area contributed by atoms with Crippen LogP contribution in [-0.4, -0.2) is 60.9 Å². The van der Waals surface area contributed by atoms with Crippen molar-refractivity contribution >= 4 is 54.0 Å². The molecule has 12 heteroatoms. The molecule has 0 unspecified atom stereocenters. The van der Waals surface area contributed by atoms with Crippen molar-refractivity contribution in [1.82, 2.24) is 19.9 Å². The Labute approximate surface area is 245 Å². The summed E-state index contributed by atoms with van der Waals surface area (Å²) >= 11 is 0. The Balaban J connectivity index is 0.000000202. The smallest absolute Gasteiger partial charge is 0.759 e. The van der Waals surface area contributed by atoms with E-state index >= 15 is 0 Å². The molecule has 0 bridgehead atoms. The van der Waals surface area contributed by atoms with Crippen LogP contribution in [0, 0.1) is 0 Å². The number of aromatic nitrogens is 4. The summed E-state index contributed by atoms with van der Waals surface area (Å²) in [5, 5.41) is 20.4. The minimum absolute atomic E-state index is 0. The number of aliphatic hydroxyl groups is 2. The van der Waals surface area contributed by atoms with Crippen LogP contribution in [0.15, 0.2) is 97.6 Å². The Hall–Kier alpha value is -3.21. The summed E-state index contributed by atoms with van der Waals surface area (Å²) in [5.74, 6) is 0. The van der Waals surface area contributed by atoms with Crippen LogP contribution in [0.25, 0.3) is 43.6 Å². The molecule has 4 aromatic heterocycles. The summed E-state index contributed by atoms with van der Waals surface area (Å²) in [6.07, 6.45) is 7.71. The van der Waals surface area contributed by atoms with Crippen molar-refractivity contribution in [2.75, 3.05) is 13.2 Å². The molecule has 0 aliphatic heterocycles. The molecule has 6 aromatic rings. The molecule has 0 radical (unpaired) electrons. The minimum Gasteiger partial charge on any atom is -0.759 e. The van der Waals surface area contributed by atoms with E-state index in [1.807, 2.05) is 24.3 Å². The number of pyridine rings is 4. The Morgan fingerprint density at radius 3 is 0.949 bits per heavy atom. The van der Waals surface area contributed by atoms with Crippen molar-refractivity contribution < 1.29 is 55.0 Å². The molecule has 0 atom stereocenters. The largest absolute Gasteiger partial charge is 2.00 e. The molecule has 0 fully saturated rings. The van der Waals surface area contributed by atoms with E-state index in [9.17, 15) is 0 Å². The van der Waals surface area contributed by atoms with Gasteiger partial charge in [0.2, 0.25) is 0 Å².